The summed E-state index contributed by atoms with van der Waals surface area (Å²) in [5, 5.41) is 1.78. The quantitative estimate of drug-likeness (QED) is 0.797. The summed E-state index contributed by atoms with van der Waals surface area (Å²) in [6.45, 7) is 1.25. The Kier molecular flexibility index (Phi) is 5.84. The molecule has 0 bridgehead atoms. The van der Waals surface area contributed by atoms with Gasteiger partial charge >= 0.3 is 18.2 Å². The molecule has 0 aliphatic rings. The normalized spacial score (nSPS) is 12.1. The van der Waals surface area contributed by atoms with E-state index in [-0.39, 0.29) is 5.56 Å². The highest BCUT2D eigenvalue weighted by atomic mass is 19.4. The molecule has 2 aromatic carbocycles. The highest BCUT2D eigenvalue weighted by Gasteiger charge is 2.30. The number of hydrogen-bond acceptors (Lipinski definition) is 4. The molecule has 0 aromatic heterocycles. The minimum absolute atomic E-state index is 0.0518. The zero-order valence-corrected chi connectivity index (χ0v) is 14.0. The molecular formula is C18H15F3N2O4. The van der Waals surface area contributed by atoms with Gasteiger partial charge in [0.15, 0.2) is 6.10 Å². The maximum absolute atomic E-state index is 12.7. The maximum atomic E-state index is 12.7. The van der Waals surface area contributed by atoms with Gasteiger partial charge in [0.2, 0.25) is 0 Å². The Bertz CT molecular complexity index is 864. The summed E-state index contributed by atoms with van der Waals surface area (Å²) < 4.78 is 43.1. The molecule has 2 aromatic rings. The first-order valence-electron chi connectivity index (χ1n) is 7.67. The predicted molar refractivity (Wildman–Crippen MR) is 89.5 cm³/mol. The Labute approximate surface area is 152 Å². The van der Waals surface area contributed by atoms with Gasteiger partial charge in [0.1, 0.15) is 0 Å². The van der Waals surface area contributed by atoms with E-state index in [4.69, 9.17) is 10.5 Å². The SMILES string of the molecule is CC(OC(=O)c1ccccc1-c1ccc(C(F)(F)F)cc1)C(=O)NC(N)=O. The summed E-state index contributed by atoms with van der Waals surface area (Å²) in [5.41, 5.74) is 4.76. The van der Waals surface area contributed by atoms with E-state index in [2.05, 4.69) is 0 Å². The number of nitrogens with one attached hydrogen (secondary N) is 1. The first-order valence-corrected chi connectivity index (χ1v) is 7.67. The van der Waals surface area contributed by atoms with Crippen LogP contribution in [0.25, 0.3) is 11.1 Å². The molecule has 0 aliphatic heterocycles. The van der Waals surface area contributed by atoms with E-state index in [1.807, 2.05) is 0 Å². The molecule has 6 nitrogen and oxygen atoms in total. The second-order valence-corrected chi connectivity index (χ2v) is 5.52. The second kappa shape index (κ2) is 7.90. The molecule has 0 aliphatic carbocycles. The van der Waals surface area contributed by atoms with Crippen molar-refractivity contribution in [3.8, 4) is 11.1 Å². The maximum Gasteiger partial charge on any atom is 0.416 e. The number of rotatable bonds is 4. The Balaban J connectivity index is 2.26. The summed E-state index contributed by atoms with van der Waals surface area (Å²) in [6.07, 6.45) is -5.77. The Morgan fingerprint density at radius 2 is 1.63 bits per heavy atom. The number of amides is 3. The molecule has 142 valence electrons. The molecular weight excluding hydrogens is 365 g/mol. The van der Waals surface area contributed by atoms with Crippen molar-refractivity contribution in [2.24, 2.45) is 5.73 Å². The fraction of sp³-hybridized carbons (Fsp3) is 0.167. The number of carbonyl (C=O) groups is 3. The molecule has 1 atom stereocenters. The number of carbonyl (C=O) groups excluding carboxylic acids is 3. The first kappa shape index (κ1) is 20.0. The van der Waals surface area contributed by atoms with Crippen molar-refractivity contribution in [3.05, 3.63) is 59.7 Å². The van der Waals surface area contributed by atoms with Gasteiger partial charge in [-0.1, -0.05) is 30.3 Å². The number of esters is 1. The van der Waals surface area contributed by atoms with E-state index in [0.29, 0.717) is 11.1 Å². The van der Waals surface area contributed by atoms with Crippen molar-refractivity contribution in [2.45, 2.75) is 19.2 Å². The van der Waals surface area contributed by atoms with E-state index in [9.17, 15) is 27.6 Å². The van der Waals surface area contributed by atoms with Crippen LogP contribution in [0.2, 0.25) is 0 Å². The molecule has 0 fully saturated rings. The summed E-state index contributed by atoms with van der Waals surface area (Å²) in [5.74, 6) is -1.78. The van der Waals surface area contributed by atoms with Crippen molar-refractivity contribution < 1.29 is 32.3 Å². The number of nitrogens with two attached hydrogens (primary N) is 1. The van der Waals surface area contributed by atoms with Crippen LogP contribution in [-0.2, 0) is 15.7 Å². The zero-order chi connectivity index (χ0) is 20.2. The topological polar surface area (TPSA) is 98.5 Å². The molecule has 0 saturated carbocycles. The van der Waals surface area contributed by atoms with Gasteiger partial charge < -0.3 is 10.5 Å². The van der Waals surface area contributed by atoms with E-state index in [1.165, 1.54) is 31.2 Å². The standard InChI is InChI=1S/C18H15F3N2O4/c1-10(15(24)23-17(22)26)27-16(25)14-5-3-2-4-13(14)11-6-8-12(9-7-11)18(19,20)21/h2-10H,1H3,(H3,22,23,24,26). The van der Waals surface area contributed by atoms with E-state index in [1.54, 1.807) is 17.4 Å². The van der Waals surface area contributed by atoms with Gasteiger partial charge in [0.25, 0.3) is 5.91 Å². The predicted octanol–water partition coefficient (Wildman–Crippen LogP) is 3.11. The van der Waals surface area contributed by atoms with Gasteiger partial charge in [-0.2, -0.15) is 13.2 Å². The number of alkyl halides is 3. The molecule has 3 amide bonds. The van der Waals surface area contributed by atoms with Gasteiger partial charge in [-0.3, -0.25) is 10.1 Å². The Morgan fingerprint density at radius 3 is 2.19 bits per heavy atom. The lowest BCUT2D eigenvalue weighted by Gasteiger charge is -2.14. The minimum atomic E-state index is -4.47. The van der Waals surface area contributed by atoms with Crippen molar-refractivity contribution in [2.75, 3.05) is 0 Å². The number of halogens is 3. The van der Waals surface area contributed by atoms with Crippen LogP contribution in [0.5, 0.6) is 0 Å². The van der Waals surface area contributed by atoms with Crippen LogP contribution in [0, 0.1) is 0 Å². The zero-order valence-electron chi connectivity index (χ0n) is 14.0. The van der Waals surface area contributed by atoms with Crippen molar-refractivity contribution in [1.82, 2.24) is 5.32 Å². The van der Waals surface area contributed by atoms with Gasteiger partial charge in [0, 0.05) is 0 Å². The molecule has 1 unspecified atom stereocenters. The summed E-state index contributed by atoms with van der Waals surface area (Å²) in [7, 11) is 0. The average molecular weight is 380 g/mol. The van der Waals surface area contributed by atoms with Crippen molar-refractivity contribution in [3.63, 3.8) is 0 Å². The number of ether oxygens (including phenoxy) is 1. The highest BCUT2D eigenvalue weighted by molar-refractivity contribution is 6.00. The minimum Gasteiger partial charge on any atom is -0.449 e. The van der Waals surface area contributed by atoms with Crippen LogP contribution in [0.3, 0.4) is 0 Å². The molecule has 0 spiro atoms. The smallest absolute Gasteiger partial charge is 0.416 e. The lowest BCUT2D eigenvalue weighted by atomic mass is 9.98. The summed E-state index contributed by atoms with van der Waals surface area (Å²) >= 11 is 0. The van der Waals surface area contributed by atoms with Crippen molar-refractivity contribution in [1.29, 1.82) is 0 Å². The third-order valence-corrected chi connectivity index (χ3v) is 3.57. The fourth-order valence-electron chi connectivity index (χ4n) is 2.25. The fourth-order valence-corrected chi connectivity index (χ4v) is 2.25. The molecule has 9 heteroatoms. The second-order valence-electron chi connectivity index (χ2n) is 5.52. The lowest BCUT2D eigenvalue weighted by molar-refractivity contribution is -0.137. The third-order valence-electron chi connectivity index (χ3n) is 3.57. The van der Waals surface area contributed by atoms with Crippen LogP contribution >= 0.6 is 0 Å². The van der Waals surface area contributed by atoms with Gasteiger partial charge in [0.05, 0.1) is 11.1 Å². The number of imide groups is 1. The number of primary amides is 1. The number of hydrogen-bond donors (Lipinski definition) is 2. The highest BCUT2D eigenvalue weighted by Crippen LogP contribution is 2.32. The monoisotopic (exact) mass is 380 g/mol. The van der Waals surface area contributed by atoms with Crippen LogP contribution in [-0.4, -0.2) is 24.0 Å². The molecule has 27 heavy (non-hydrogen) atoms. The molecule has 2 rings (SSSR count). The molecule has 3 N–H and O–H groups in total. The summed E-state index contributed by atoms with van der Waals surface area (Å²) in [6, 6.07) is 9.28. The average Bonchev–Trinajstić information content (AvgIpc) is 2.60. The van der Waals surface area contributed by atoms with E-state index < -0.39 is 35.8 Å². The number of urea groups is 1. The van der Waals surface area contributed by atoms with E-state index in [0.717, 1.165) is 12.1 Å². The molecule has 0 heterocycles. The lowest BCUT2D eigenvalue weighted by Crippen LogP contribution is -2.42. The third kappa shape index (κ3) is 5.06. The van der Waals surface area contributed by atoms with Gasteiger partial charge in [-0.05, 0) is 36.2 Å². The van der Waals surface area contributed by atoms with Crippen LogP contribution in [0.15, 0.2) is 48.5 Å². The van der Waals surface area contributed by atoms with Crippen LogP contribution in [0.4, 0.5) is 18.0 Å². The van der Waals surface area contributed by atoms with Crippen LogP contribution < -0.4 is 11.1 Å². The Morgan fingerprint density at radius 1 is 1.04 bits per heavy atom. The van der Waals surface area contributed by atoms with Gasteiger partial charge in [-0.15, -0.1) is 0 Å². The Hall–Kier alpha value is -3.36. The van der Waals surface area contributed by atoms with Gasteiger partial charge in [-0.25, -0.2) is 9.59 Å². The van der Waals surface area contributed by atoms with E-state index >= 15 is 0 Å². The molecule has 0 saturated heterocycles. The van der Waals surface area contributed by atoms with Crippen LogP contribution in [0.1, 0.15) is 22.8 Å². The summed E-state index contributed by atoms with van der Waals surface area (Å²) in [4.78, 5) is 34.7. The molecule has 0 radical (unpaired) electrons. The largest absolute Gasteiger partial charge is 0.449 e. The van der Waals surface area contributed by atoms with Crippen molar-refractivity contribution >= 4 is 17.9 Å². The number of benzene rings is 2. The first-order chi connectivity index (χ1) is 12.6.